The van der Waals surface area contributed by atoms with Crippen molar-refractivity contribution in [1.82, 2.24) is 0 Å². The average molecular weight is 577 g/mol. The molecule has 14 heteroatoms. The molecule has 0 radical (unpaired) electrons. The molecule has 4 amide bonds. The lowest BCUT2D eigenvalue weighted by Crippen LogP contribution is -2.55. The van der Waals surface area contributed by atoms with Crippen molar-refractivity contribution in [3.63, 3.8) is 0 Å². The van der Waals surface area contributed by atoms with Gasteiger partial charge in [-0.2, -0.15) is 0 Å². The molecule has 42 heavy (non-hydrogen) atoms. The number of ether oxygens (including phenoxy) is 1. The minimum absolute atomic E-state index is 0.0143. The van der Waals surface area contributed by atoms with E-state index < -0.39 is 75.6 Å². The summed E-state index contributed by atoms with van der Waals surface area (Å²) in [5.41, 5.74) is -0.772. The Bertz CT molecular complexity index is 1490. The van der Waals surface area contributed by atoms with Crippen molar-refractivity contribution >= 4 is 52.3 Å². The van der Waals surface area contributed by atoms with E-state index >= 15 is 0 Å². The molecule has 2 aromatic carbocycles. The molecule has 2 saturated heterocycles. The molecule has 2 N–H and O–H groups in total. The third-order valence-corrected chi connectivity index (χ3v) is 8.75. The third-order valence-electron chi connectivity index (χ3n) is 8.75. The van der Waals surface area contributed by atoms with Crippen molar-refractivity contribution in [2.45, 2.75) is 13.8 Å². The summed E-state index contributed by atoms with van der Waals surface area (Å²) in [6.45, 7) is 3.12. The number of amides is 4. The molecule has 2 unspecified atom stereocenters. The number of para-hydroxylation sites is 4. The van der Waals surface area contributed by atoms with Crippen molar-refractivity contribution in [3.8, 4) is 0 Å². The Morgan fingerprint density at radius 1 is 0.738 bits per heavy atom. The van der Waals surface area contributed by atoms with Gasteiger partial charge in [0.1, 0.15) is 0 Å². The lowest BCUT2D eigenvalue weighted by molar-refractivity contribution is -0.147. The Balaban J connectivity index is 1.52. The molecule has 7 rings (SSSR count). The maximum atomic E-state index is 14.1. The van der Waals surface area contributed by atoms with Crippen LogP contribution in [0.25, 0.3) is 0 Å². The van der Waals surface area contributed by atoms with Crippen LogP contribution in [0.15, 0.2) is 59.7 Å². The molecule has 2 heterocycles. The number of nitrogens with zero attached hydrogens (tertiary/aromatic N) is 4. The summed E-state index contributed by atoms with van der Waals surface area (Å²) < 4.78 is 5.27. The second-order valence-electron chi connectivity index (χ2n) is 10.5. The SMILES string of the molecule is CCOC(=O)C1=C(C)C2[C@H]3C(=O)N(c4ccccc4N([O-])O)C(=O)[C@@H]3C1[C@@H]1C(=O)N(c3ccccc3N([O-])O)C(=O)[C@H]21. The maximum absolute atomic E-state index is 14.1. The maximum Gasteiger partial charge on any atom is 0.334 e. The summed E-state index contributed by atoms with van der Waals surface area (Å²) in [4.78, 5) is 70.9. The number of hydrogen-bond acceptors (Lipinski definition) is 12. The van der Waals surface area contributed by atoms with Crippen LogP contribution in [0.1, 0.15) is 13.8 Å². The number of benzene rings is 2. The predicted molar refractivity (Wildman–Crippen MR) is 143 cm³/mol. The van der Waals surface area contributed by atoms with Crippen LogP contribution in [0.2, 0.25) is 0 Å². The molecule has 218 valence electrons. The van der Waals surface area contributed by atoms with Crippen LogP contribution in [0.3, 0.4) is 0 Å². The van der Waals surface area contributed by atoms with E-state index in [-0.39, 0.29) is 34.9 Å². The second kappa shape index (κ2) is 9.73. The molecule has 3 fully saturated rings. The largest absolute Gasteiger partial charge is 0.733 e. The summed E-state index contributed by atoms with van der Waals surface area (Å²) >= 11 is 0. The zero-order chi connectivity index (χ0) is 30.2. The molecule has 2 bridgehead atoms. The number of esters is 1. The summed E-state index contributed by atoms with van der Waals surface area (Å²) in [5, 5.41) is 42.1. The quantitative estimate of drug-likeness (QED) is 0.289. The molecular weight excluding hydrogens is 552 g/mol. The van der Waals surface area contributed by atoms with E-state index in [4.69, 9.17) is 4.74 Å². The number of hydrogen-bond donors (Lipinski definition) is 2. The molecule has 14 nitrogen and oxygen atoms in total. The number of carbonyl (C=O) groups excluding carboxylic acids is 5. The van der Waals surface area contributed by atoms with Crippen LogP contribution in [-0.2, 0) is 28.7 Å². The first-order chi connectivity index (χ1) is 20.0. The van der Waals surface area contributed by atoms with Crippen molar-refractivity contribution < 1.29 is 39.1 Å². The van der Waals surface area contributed by atoms with E-state index in [0.29, 0.717) is 5.57 Å². The lowest BCUT2D eigenvalue weighted by atomic mass is 9.49. The second-order valence-corrected chi connectivity index (χ2v) is 10.5. The molecule has 0 aromatic heterocycles. The van der Waals surface area contributed by atoms with Gasteiger partial charge in [-0.3, -0.25) is 29.6 Å². The van der Waals surface area contributed by atoms with E-state index in [2.05, 4.69) is 0 Å². The molecule has 2 aliphatic heterocycles. The first kappa shape index (κ1) is 27.5. The minimum atomic E-state index is -1.26. The molecule has 6 atom stereocenters. The number of anilines is 4. The zero-order valence-corrected chi connectivity index (χ0v) is 22.2. The fourth-order valence-corrected chi connectivity index (χ4v) is 7.33. The monoisotopic (exact) mass is 576 g/mol. The van der Waals surface area contributed by atoms with Gasteiger partial charge in [0.2, 0.25) is 23.6 Å². The number of imide groups is 2. The highest BCUT2D eigenvalue weighted by atomic mass is 16.8. The molecular formula is C28H24N4O10-2. The van der Waals surface area contributed by atoms with Gasteiger partial charge < -0.3 is 25.6 Å². The van der Waals surface area contributed by atoms with Gasteiger partial charge >= 0.3 is 5.97 Å². The number of allylic oxidation sites excluding steroid dienone is 1. The van der Waals surface area contributed by atoms with E-state index in [1.807, 2.05) is 0 Å². The van der Waals surface area contributed by atoms with Crippen LogP contribution in [0, 0.1) is 45.9 Å². The standard InChI is InChI=1S/C28H24N4O10/c1-3-42-28(37)18-12(2)17-20-22(26(35)29(24(20)33)13-8-4-6-10-15(13)31(38)39)19(18)23-21(17)25(34)30(27(23)36)14-9-5-7-11-16(14)32(40)41/h4-11,17,19-23,38,40H,3H2,1-2H3/q-2/t17?,19?,20-,21-,22-,23+/m1/s1. The first-order valence-corrected chi connectivity index (χ1v) is 13.2. The topological polar surface area (TPSA) is 194 Å². The van der Waals surface area contributed by atoms with Crippen LogP contribution in [0.4, 0.5) is 22.7 Å². The van der Waals surface area contributed by atoms with Gasteiger partial charge in [0.25, 0.3) is 0 Å². The van der Waals surface area contributed by atoms with Gasteiger partial charge in [0.15, 0.2) is 0 Å². The average Bonchev–Trinajstić information content (AvgIpc) is 3.38. The molecule has 0 spiro atoms. The Morgan fingerprint density at radius 3 is 1.50 bits per heavy atom. The van der Waals surface area contributed by atoms with Crippen LogP contribution in [0.5, 0.6) is 0 Å². The van der Waals surface area contributed by atoms with Crippen LogP contribution < -0.4 is 20.3 Å². The Hall–Kier alpha value is -4.63. The Kier molecular flexibility index (Phi) is 6.38. The lowest BCUT2D eigenvalue weighted by Gasteiger charge is -2.49. The molecule has 3 aliphatic carbocycles. The van der Waals surface area contributed by atoms with Gasteiger partial charge in [-0.05, 0) is 38.1 Å². The van der Waals surface area contributed by atoms with Gasteiger partial charge in [-0.15, -0.1) is 0 Å². The van der Waals surface area contributed by atoms with Gasteiger partial charge in [0, 0.05) is 17.4 Å². The van der Waals surface area contributed by atoms with E-state index in [1.54, 1.807) is 13.8 Å². The highest BCUT2D eigenvalue weighted by Gasteiger charge is 2.72. The fourth-order valence-electron chi connectivity index (χ4n) is 7.33. The summed E-state index contributed by atoms with van der Waals surface area (Å²) in [5.74, 6) is -11.1. The van der Waals surface area contributed by atoms with Crippen molar-refractivity contribution in [2.24, 2.45) is 35.5 Å². The highest BCUT2D eigenvalue weighted by Crippen LogP contribution is 2.63. The smallest absolute Gasteiger partial charge is 0.334 e. The van der Waals surface area contributed by atoms with E-state index in [1.165, 1.54) is 48.5 Å². The Labute approximate surface area is 238 Å². The molecule has 1 saturated carbocycles. The van der Waals surface area contributed by atoms with Crippen LogP contribution >= 0.6 is 0 Å². The minimum Gasteiger partial charge on any atom is -0.733 e. The summed E-state index contributed by atoms with van der Waals surface area (Å²) in [7, 11) is 0. The highest BCUT2D eigenvalue weighted by molar-refractivity contribution is 6.28. The van der Waals surface area contributed by atoms with Crippen molar-refractivity contribution in [2.75, 3.05) is 26.9 Å². The fraction of sp³-hybridized carbons (Fsp3) is 0.321. The zero-order valence-electron chi connectivity index (χ0n) is 22.2. The molecule has 2 aromatic rings. The van der Waals surface area contributed by atoms with E-state index in [9.17, 15) is 44.8 Å². The number of carbonyl (C=O) groups is 5. The summed E-state index contributed by atoms with van der Waals surface area (Å²) in [6, 6.07) is 10.8. The van der Waals surface area contributed by atoms with E-state index in [0.717, 1.165) is 9.80 Å². The predicted octanol–water partition coefficient (Wildman–Crippen LogP) is 2.12. The Morgan fingerprint density at radius 2 is 1.12 bits per heavy atom. The molecule has 5 aliphatic rings. The third kappa shape index (κ3) is 3.56. The first-order valence-electron chi connectivity index (χ1n) is 13.2. The summed E-state index contributed by atoms with van der Waals surface area (Å²) in [6.07, 6.45) is 0. The van der Waals surface area contributed by atoms with Gasteiger partial charge in [-0.25, -0.2) is 14.6 Å². The normalized spacial score (nSPS) is 28.0. The van der Waals surface area contributed by atoms with Crippen LogP contribution in [-0.4, -0.2) is 46.6 Å². The van der Waals surface area contributed by atoms with Gasteiger partial charge in [0.05, 0.1) is 53.0 Å². The van der Waals surface area contributed by atoms with Crippen molar-refractivity contribution in [3.05, 3.63) is 70.1 Å². The van der Waals surface area contributed by atoms with Gasteiger partial charge in [-0.1, -0.05) is 29.8 Å². The van der Waals surface area contributed by atoms with Crippen molar-refractivity contribution in [1.29, 1.82) is 0 Å². The number of rotatable bonds is 6.